The van der Waals surface area contributed by atoms with Crippen LogP contribution in [0.25, 0.3) is 0 Å². The molecule has 1 atom stereocenters. The highest BCUT2D eigenvalue weighted by Crippen LogP contribution is 2.21. The fourth-order valence-electron chi connectivity index (χ4n) is 2.06. The first kappa shape index (κ1) is 17.7. The van der Waals surface area contributed by atoms with Crippen LogP contribution < -0.4 is 15.8 Å². The second-order valence-electron chi connectivity index (χ2n) is 4.75. The fourth-order valence-corrected chi connectivity index (χ4v) is 3.80. The Bertz CT molecular complexity index is 574. The molecule has 1 fully saturated rings. The number of sulfone groups is 1. The summed E-state index contributed by atoms with van der Waals surface area (Å²) in [5.41, 5.74) is 5.96. The van der Waals surface area contributed by atoms with Gasteiger partial charge >= 0.3 is 0 Å². The molecule has 1 aromatic carbocycles. The maximum atomic E-state index is 11.9. The van der Waals surface area contributed by atoms with Crippen LogP contribution in [-0.4, -0.2) is 39.0 Å². The molecule has 1 saturated heterocycles. The van der Waals surface area contributed by atoms with Crippen LogP contribution in [0.1, 0.15) is 6.42 Å². The molecule has 0 radical (unpaired) electrons. The Morgan fingerprint density at radius 3 is 2.52 bits per heavy atom. The number of halogens is 1. The number of nitrogens with two attached hydrogens (primary N) is 1. The molecule has 8 heteroatoms. The largest absolute Gasteiger partial charge is 0.492 e. The van der Waals surface area contributed by atoms with E-state index in [1.807, 2.05) is 0 Å². The van der Waals surface area contributed by atoms with E-state index in [0.29, 0.717) is 31.0 Å². The van der Waals surface area contributed by atoms with Crippen molar-refractivity contribution in [2.75, 3.05) is 30.0 Å². The lowest BCUT2D eigenvalue weighted by atomic mass is 10.1. The number of hydrogen-bond donors (Lipinski definition) is 2. The third kappa shape index (κ3) is 5.18. The Balaban J connectivity index is 0.00000220. The second kappa shape index (κ2) is 7.63. The number of carbonyl (C=O) groups excluding carboxylic acids is 1. The van der Waals surface area contributed by atoms with Gasteiger partial charge in [-0.05, 0) is 30.7 Å². The van der Waals surface area contributed by atoms with Gasteiger partial charge in [0.05, 0.1) is 17.4 Å². The summed E-state index contributed by atoms with van der Waals surface area (Å²) in [6.45, 7) is 0.875. The van der Waals surface area contributed by atoms with Crippen LogP contribution in [0.2, 0.25) is 0 Å². The van der Waals surface area contributed by atoms with Crippen LogP contribution in [0.4, 0.5) is 5.69 Å². The van der Waals surface area contributed by atoms with Crippen LogP contribution in [0.5, 0.6) is 5.75 Å². The average molecular weight is 335 g/mol. The zero-order valence-corrected chi connectivity index (χ0v) is 13.1. The summed E-state index contributed by atoms with van der Waals surface area (Å²) >= 11 is 0. The quantitative estimate of drug-likeness (QED) is 0.830. The maximum absolute atomic E-state index is 11.9. The van der Waals surface area contributed by atoms with Crippen molar-refractivity contribution in [3.05, 3.63) is 24.3 Å². The van der Waals surface area contributed by atoms with E-state index in [1.54, 1.807) is 24.3 Å². The fraction of sp³-hybridized carbons (Fsp3) is 0.462. The Kier molecular flexibility index (Phi) is 6.44. The van der Waals surface area contributed by atoms with Gasteiger partial charge in [-0.3, -0.25) is 4.79 Å². The number of ether oxygens (including phenoxy) is 1. The summed E-state index contributed by atoms with van der Waals surface area (Å²) in [4.78, 5) is 11.9. The number of hydrogen-bond acceptors (Lipinski definition) is 5. The van der Waals surface area contributed by atoms with Gasteiger partial charge in [0.2, 0.25) is 5.91 Å². The molecule has 1 heterocycles. The van der Waals surface area contributed by atoms with E-state index in [0.717, 1.165) is 0 Å². The highest BCUT2D eigenvalue weighted by molar-refractivity contribution is 7.91. The van der Waals surface area contributed by atoms with E-state index in [2.05, 4.69) is 5.32 Å². The minimum atomic E-state index is -3.04. The van der Waals surface area contributed by atoms with E-state index in [9.17, 15) is 13.2 Å². The monoisotopic (exact) mass is 334 g/mol. The summed E-state index contributed by atoms with van der Waals surface area (Å²) in [7, 11) is -3.04. The van der Waals surface area contributed by atoms with Gasteiger partial charge in [-0.2, -0.15) is 0 Å². The van der Waals surface area contributed by atoms with E-state index in [4.69, 9.17) is 10.5 Å². The number of amides is 1. The predicted octanol–water partition coefficient (Wildman–Crippen LogP) is 0.819. The van der Waals surface area contributed by atoms with Crippen molar-refractivity contribution in [3.63, 3.8) is 0 Å². The van der Waals surface area contributed by atoms with Gasteiger partial charge in [-0.1, -0.05) is 0 Å². The van der Waals surface area contributed by atoms with Crippen molar-refractivity contribution >= 4 is 33.8 Å². The second-order valence-corrected chi connectivity index (χ2v) is 6.98. The topological polar surface area (TPSA) is 98.5 Å². The smallest absolute Gasteiger partial charge is 0.228 e. The Morgan fingerprint density at radius 1 is 1.33 bits per heavy atom. The number of nitrogens with one attached hydrogen (secondary N) is 1. The Morgan fingerprint density at radius 2 is 2.00 bits per heavy atom. The number of carbonyl (C=O) groups is 1. The van der Waals surface area contributed by atoms with Crippen molar-refractivity contribution in [1.82, 2.24) is 0 Å². The molecular formula is C13H19ClN2O4S. The summed E-state index contributed by atoms with van der Waals surface area (Å²) in [5, 5.41) is 2.72. The van der Waals surface area contributed by atoms with Gasteiger partial charge in [-0.25, -0.2) is 8.42 Å². The molecule has 1 unspecified atom stereocenters. The summed E-state index contributed by atoms with van der Waals surface area (Å²) in [6.07, 6.45) is 0.395. The first-order valence-corrected chi connectivity index (χ1v) is 8.26. The Hall–Kier alpha value is -1.31. The molecule has 0 saturated carbocycles. The molecule has 0 aromatic heterocycles. The lowest BCUT2D eigenvalue weighted by Crippen LogP contribution is -2.23. The van der Waals surface area contributed by atoms with Crippen LogP contribution in [0, 0.1) is 5.92 Å². The van der Waals surface area contributed by atoms with Gasteiger partial charge in [-0.15, -0.1) is 12.4 Å². The minimum absolute atomic E-state index is 0. The average Bonchev–Trinajstić information content (AvgIpc) is 2.78. The van der Waals surface area contributed by atoms with Gasteiger partial charge < -0.3 is 15.8 Å². The molecule has 1 aromatic rings. The predicted molar refractivity (Wildman–Crippen MR) is 83.6 cm³/mol. The van der Waals surface area contributed by atoms with Gasteiger partial charge in [0, 0.05) is 12.2 Å². The van der Waals surface area contributed by atoms with Gasteiger partial charge in [0.15, 0.2) is 9.84 Å². The highest BCUT2D eigenvalue weighted by atomic mass is 35.5. The van der Waals surface area contributed by atoms with E-state index in [1.165, 1.54) is 0 Å². The molecule has 1 amide bonds. The number of benzene rings is 1. The highest BCUT2D eigenvalue weighted by Gasteiger charge is 2.32. The lowest BCUT2D eigenvalue weighted by Gasteiger charge is -2.10. The molecule has 2 rings (SSSR count). The summed E-state index contributed by atoms with van der Waals surface area (Å²) in [6, 6.07) is 6.90. The van der Waals surface area contributed by atoms with Crippen molar-refractivity contribution < 1.29 is 17.9 Å². The third-order valence-corrected chi connectivity index (χ3v) is 4.88. The zero-order valence-electron chi connectivity index (χ0n) is 11.4. The third-order valence-electron chi connectivity index (χ3n) is 3.11. The standard InChI is InChI=1S/C13H18N2O4S.ClH/c14-6-7-19-12-3-1-11(2-4-12)15-13(16)10-5-8-20(17,18)9-10;/h1-4,10H,5-9,14H2,(H,15,16);1H. The molecular weight excluding hydrogens is 316 g/mol. The molecule has 21 heavy (non-hydrogen) atoms. The van der Waals surface area contributed by atoms with E-state index >= 15 is 0 Å². The SMILES string of the molecule is Cl.NCCOc1ccc(NC(=O)C2CCS(=O)(=O)C2)cc1. The first-order chi connectivity index (χ1) is 9.50. The van der Waals surface area contributed by atoms with E-state index < -0.39 is 15.8 Å². The molecule has 0 bridgehead atoms. The first-order valence-electron chi connectivity index (χ1n) is 6.44. The van der Waals surface area contributed by atoms with Crippen molar-refractivity contribution in [3.8, 4) is 5.75 Å². The zero-order chi connectivity index (χ0) is 14.6. The maximum Gasteiger partial charge on any atom is 0.228 e. The van der Waals surface area contributed by atoms with Crippen LogP contribution in [-0.2, 0) is 14.6 Å². The van der Waals surface area contributed by atoms with Gasteiger partial charge in [0.25, 0.3) is 0 Å². The summed E-state index contributed by atoms with van der Waals surface area (Å²) in [5.74, 6) is 0.0137. The molecule has 0 spiro atoms. The molecule has 6 nitrogen and oxygen atoms in total. The molecule has 118 valence electrons. The van der Waals surface area contributed by atoms with Crippen LogP contribution in [0.3, 0.4) is 0 Å². The molecule has 3 N–H and O–H groups in total. The van der Waals surface area contributed by atoms with Gasteiger partial charge in [0.1, 0.15) is 12.4 Å². The number of rotatable bonds is 5. The van der Waals surface area contributed by atoms with Crippen molar-refractivity contribution in [2.24, 2.45) is 11.7 Å². The summed E-state index contributed by atoms with van der Waals surface area (Å²) < 4.78 is 28.0. The Labute approximate surface area is 130 Å². The van der Waals surface area contributed by atoms with Crippen molar-refractivity contribution in [1.29, 1.82) is 0 Å². The molecule has 0 aliphatic carbocycles. The van der Waals surface area contributed by atoms with Crippen molar-refractivity contribution in [2.45, 2.75) is 6.42 Å². The molecule has 1 aliphatic rings. The lowest BCUT2D eigenvalue weighted by molar-refractivity contribution is -0.119. The molecule has 1 aliphatic heterocycles. The normalized spacial score (nSPS) is 19.6. The van der Waals surface area contributed by atoms with E-state index in [-0.39, 0.29) is 29.8 Å². The minimum Gasteiger partial charge on any atom is -0.492 e. The van der Waals surface area contributed by atoms with Crippen LogP contribution >= 0.6 is 12.4 Å². The van der Waals surface area contributed by atoms with Crippen LogP contribution in [0.15, 0.2) is 24.3 Å². The number of anilines is 1.